The predicted molar refractivity (Wildman–Crippen MR) is 66.1 cm³/mol. The zero-order valence-corrected chi connectivity index (χ0v) is 10.7. The van der Waals surface area contributed by atoms with Crippen LogP contribution in [-0.2, 0) is 20.5 Å². The van der Waals surface area contributed by atoms with Crippen molar-refractivity contribution in [1.29, 1.82) is 0 Å². The summed E-state index contributed by atoms with van der Waals surface area (Å²) in [7, 11) is -3.23. The van der Waals surface area contributed by atoms with E-state index in [0.29, 0.717) is 19.8 Å². The molecule has 1 heterocycles. The number of benzene rings is 1. The summed E-state index contributed by atoms with van der Waals surface area (Å²) in [5, 5.41) is 0. The van der Waals surface area contributed by atoms with Gasteiger partial charge in [-0.1, -0.05) is 30.3 Å². The van der Waals surface area contributed by atoms with Crippen LogP contribution < -0.4 is 0 Å². The van der Waals surface area contributed by atoms with Gasteiger partial charge in [0.05, 0.1) is 19.0 Å². The minimum atomic E-state index is -3.23. The molecule has 1 unspecified atom stereocenters. The Morgan fingerprint density at radius 3 is 2.71 bits per heavy atom. The number of morpholine rings is 1. The Bertz CT molecular complexity index is 458. The van der Waals surface area contributed by atoms with Crippen LogP contribution in [0, 0.1) is 0 Å². The molecular formula is C12H17NO3S. The highest BCUT2D eigenvalue weighted by molar-refractivity contribution is 7.88. The molecule has 0 amide bonds. The molecule has 0 aromatic heterocycles. The fourth-order valence-corrected chi connectivity index (χ4v) is 3.73. The molecular weight excluding hydrogens is 238 g/mol. The summed E-state index contributed by atoms with van der Waals surface area (Å²) in [6, 6.07) is 9.19. The maximum absolute atomic E-state index is 12.2. The van der Waals surface area contributed by atoms with Crippen molar-refractivity contribution >= 4 is 10.0 Å². The Labute approximate surface area is 102 Å². The van der Waals surface area contributed by atoms with E-state index < -0.39 is 10.0 Å². The van der Waals surface area contributed by atoms with E-state index in [2.05, 4.69) is 0 Å². The third kappa shape index (κ3) is 3.06. The van der Waals surface area contributed by atoms with Crippen molar-refractivity contribution in [1.82, 2.24) is 4.31 Å². The molecule has 0 saturated carbocycles. The van der Waals surface area contributed by atoms with E-state index in [0.717, 1.165) is 5.56 Å². The number of hydrogen-bond acceptors (Lipinski definition) is 3. The Morgan fingerprint density at radius 1 is 1.35 bits per heavy atom. The van der Waals surface area contributed by atoms with Crippen LogP contribution in [0.5, 0.6) is 0 Å². The van der Waals surface area contributed by atoms with Crippen LogP contribution in [0.3, 0.4) is 0 Å². The summed E-state index contributed by atoms with van der Waals surface area (Å²) in [5.74, 6) is 0.0676. The summed E-state index contributed by atoms with van der Waals surface area (Å²) in [4.78, 5) is 0. The van der Waals surface area contributed by atoms with E-state index in [4.69, 9.17) is 4.74 Å². The van der Waals surface area contributed by atoms with Gasteiger partial charge < -0.3 is 4.74 Å². The average molecular weight is 255 g/mol. The Morgan fingerprint density at radius 2 is 2.06 bits per heavy atom. The molecule has 17 heavy (non-hydrogen) atoms. The Kier molecular flexibility index (Phi) is 3.81. The van der Waals surface area contributed by atoms with Crippen LogP contribution in [0.2, 0.25) is 0 Å². The minimum absolute atomic E-state index is 0.0676. The summed E-state index contributed by atoms with van der Waals surface area (Å²) >= 11 is 0. The minimum Gasteiger partial charge on any atom is -0.378 e. The highest BCUT2D eigenvalue weighted by Gasteiger charge is 2.29. The second kappa shape index (κ2) is 5.16. The van der Waals surface area contributed by atoms with Crippen LogP contribution in [0.15, 0.2) is 30.3 Å². The summed E-state index contributed by atoms with van der Waals surface area (Å²) in [6.07, 6.45) is 0. The largest absolute Gasteiger partial charge is 0.378 e. The summed E-state index contributed by atoms with van der Waals surface area (Å²) in [6.45, 7) is 3.30. The van der Waals surface area contributed by atoms with Gasteiger partial charge in [-0.05, 0) is 12.5 Å². The summed E-state index contributed by atoms with van der Waals surface area (Å²) < 4.78 is 31.3. The lowest BCUT2D eigenvalue weighted by molar-refractivity contribution is 0.0392. The molecule has 0 N–H and O–H groups in total. The molecule has 5 heteroatoms. The zero-order chi connectivity index (χ0) is 12.3. The third-order valence-electron chi connectivity index (χ3n) is 2.86. The number of rotatable bonds is 3. The van der Waals surface area contributed by atoms with Gasteiger partial charge in [0.1, 0.15) is 0 Å². The first-order valence-electron chi connectivity index (χ1n) is 5.71. The van der Waals surface area contributed by atoms with E-state index in [9.17, 15) is 8.42 Å². The van der Waals surface area contributed by atoms with E-state index in [1.54, 1.807) is 4.31 Å². The molecule has 0 aliphatic carbocycles. The van der Waals surface area contributed by atoms with Crippen LogP contribution in [0.1, 0.15) is 12.5 Å². The first-order valence-corrected chi connectivity index (χ1v) is 7.32. The van der Waals surface area contributed by atoms with Gasteiger partial charge in [0.15, 0.2) is 0 Å². The first-order chi connectivity index (χ1) is 8.09. The summed E-state index contributed by atoms with van der Waals surface area (Å²) in [5.41, 5.74) is 0.825. The molecule has 1 aromatic rings. The van der Waals surface area contributed by atoms with Crippen LogP contribution in [-0.4, -0.2) is 38.5 Å². The third-order valence-corrected chi connectivity index (χ3v) is 4.81. The van der Waals surface area contributed by atoms with Crippen molar-refractivity contribution < 1.29 is 13.2 Å². The smallest absolute Gasteiger partial charge is 0.218 e. The number of hydrogen-bond donors (Lipinski definition) is 0. The van der Waals surface area contributed by atoms with Crippen molar-refractivity contribution in [2.45, 2.75) is 18.7 Å². The quantitative estimate of drug-likeness (QED) is 0.816. The SMILES string of the molecule is CC1COCCN1S(=O)(=O)Cc1ccccc1. The second-order valence-corrected chi connectivity index (χ2v) is 6.20. The van der Waals surface area contributed by atoms with E-state index in [1.165, 1.54) is 0 Å². The first kappa shape index (κ1) is 12.5. The topological polar surface area (TPSA) is 46.6 Å². The van der Waals surface area contributed by atoms with Gasteiger partial charge in [-0.15, -0.1) is 0 Å². The van der Waals surface area contributed by atoms with Gasteiger partial charge in [0.2, 0.25) is 10.0 Å². The highest BCUT2D eigenvalue weighted by atomic mass is 32.2. The molecule has 0 spiro atoms. The molecule has 1 fully saturated rings. The van der Waals surface area contributed by atoms with E-state index >= 15 is 0 Å². The molecule has 1 atom stereocenters. The van der Waals surface area contributed by atoms with Gasteiger partial charge in [-0.2, -0.15) is 4.31 Å². The maximum Gasteiger partial charge on any atom is 0.218 e. The Balaban J connectivity index is 2.13. The van der Waals surface area contributed by atoms with Crippen molar-refractivity contribution in [2.24, 2.45) is 0 Å². The van der Waals surface area contributed by atoms with Gasteiger partial charge in [0.25, 0.3) is 0 Å². The lowest BCUT2D eigenvalue weighted by atomic mass is 10.2. The van der Waals surface area contributed by atoms with Gasteiger partial charge in [-0.25, -0.2) is 8.42 Å². The van der Waals surface area contributed by atoms with Crippen LogP contribution in [0.25, 0.3) is 0 Å². The maximum atomic E-state index is 12.2. The van der Waals surface area contributed by atoms with Gasteiger partial charge in [-0.3, -0.25) is 0 Å². The lowest BCUT2D eigenvalue weighted by Gasteiger charge is -2.32. The molecule has 0 bridgehead atoms. The van der Waals surface area contributed by atoms with Crippen molar-refractivity contribution in [3.8, 4) is 0 Å². The molecule has 1 aliphatic heterocycles. The second-order valence-electron chi connectivity index (χ2n) is 4.28. The average Bonchev–Trinajstić information content (AvgIpc) is 2.30. The molecule has 2 rings (SSSR count). The predicted octanol–water partition coefficient (Wildman–Crippen LogP) is 1.24. The standard InChI is InChI=1S/C12H17NO3S/c1-11-9-16-8-7-13(11)17(14,15)10-12-5-3-2-4-6-12/h2-6,11H,7-10H2,1H3. The van der Waals surface area contributed by atoms with Gasteiger partial charge in [0, 0.05) is 12.6 Å². The van der Waals surface area contributed by atoms with Crippen molar-refractivity contribution in [3.63, 3.8) is 0 Å². The van der Waals surface area contributed by atoms with E-state index in [1.807, 2.05) is 37.3 Å². The van der Waals surface area contributed by atoms with Crippen LogP contribution in [0.4, 0.5) is 0 Å². The van der Waals surface area contributed by atoms with Crippen LogP contribution >= 0.6 is 0 Å². The highest BCUT2D eigenvalue weighted by Crippen LogP contribution is 2.16. The molecule has 1 aromatic carbocycles. The zero-order valence-electron chi connectivity index (χ0n) is 9.87. The molecule has 1 saturated heterocycles. The molecule has 0 radical (unpaired) electrons. The fraction of sp³-hybridized carbons (Fsp3) is 0.500. The van der Waals surface area contributed by atoms with Gasteiger partial charge >= 0.3 is 0 Å². The number of ether oxygens (including phenoxy) is 1. The number of nitrogens with zero attached hydrogens (tertiary/aromatic N) is 1. The number of sulfonamides is 1. The van der Waals surface area contributed by atoms with E-state index in [-0.39, 0.29) is 11.8 Å². The molecule has 94 valence electrons. The Hall–Kier alpha value is -0.910. The lowest BCUT2D eigenvalue weighted by Crippen LogP contribution is -2.47. The molecule has 4 nitrogen and oxygen atoms in total. The molecule has 1 aliphatic rings. The van der Waals surface area contributed by atoms with Crippen molar-refractivity contribution in [3.05, 3.63) is 35.9 Å². The monoisotopic (exact) mass is 255 g/mol. The fourth-order valence-electron chi connectivity index (χ4n) is 1.99. The normalized spacial score (nSPS) is 22.5. The van der Waals surface area contributed by atoms with Crippen molar-refractivity contribution in [2.75, 3.05) is 19.8 Å².